The summed E-state index contributed by atoms with van der Waals surface area (Å²) in [5, 5.41) is 3.84. The fourth-order valence-electron chi connectivity index (χ4n) is 2.70. The molecule has 1 heterocycles. The molecule has 10 nitrogen and oxygen atoms in total. The van der Waals surface area contributed by atoms with Crippen molar-refractivity contribution in [2.24, 2.45) is 0 Å². The number of carbonyl (C=O) groups is 1. The molecule has 0 fully saturated rings. The minimum Gasteiger partial charge on any atom is -0.497 e. The van der Waals surface area contributed by atoms with E-state index in [0.717, 1.165) is 18.2 Å². The van der Waals surface area contributed by atoms with Crippen LogP contribution in [-0.2, 0) is 21.4 Å². The van der Waals surface area contributed by atoms with Crippen LogP contribution in [0.3, 0.4) is 0 Å². The van der Waals surface area contributed by atoms with E-state index in [1.165, 1.54) is 20.3 Å². The summed E-state index contributed by atoms with van der Waals surface area (Å²) < 4.78 is 61.2. The number of carbonyl (C=O) groups excluding carboxylic acids is 1. The first-order valence-corrected chi connectivity index (χ1v) is 10.9. The van der Waals surface area contributed by atoms with Crippen molar-refractivity contribution in [3.05, 3.63) is 66.3 Å². The third kappa shape index (κ3) is 5.54. The Labute approximate surface area is 189 Å². The number of sulfonamides is 1. The Kier molecular flexibility index (Phi) is 7.41. The van der Waals surface area contributed by atoms with Crippen LogP contribution >= 0.6 is 0 Å². The normalized spacial score (nSPS) is 11.1. The lowest BCUT2D eigenvalue weighted by atomic mass is 10.2. The minimum atomic E-state index is -4.18. The van der Waals surface area contributed by atoms with Crippen LogP contribution in [0.4, 0.5) is 4.39 Å². The van der Waals surface area contributed by atoms with Crippen molar-refractivity contribution in [3.63, 3.8) is 0 Å². The SMILES string of the molecule is C=CCNS(=O)(=O)c1cc(C(=O)OCc2nc(-c3ccc(OC)cc3OC)no2)ccc1F. The third-order valence-corrected chi connectivity index (χ3v) is 5.76. The molecular weight excluding hydrogens is 457 g/mol. The van der Waals surface area contributed by atoms with Crippen LogP contribution in [0.15, 0.2) is 58.5 Å². The molecule has 2 aromatic carbocycles. The van der Waals surface area contributed by atoms with Crippen molar-refractivity contribution in [2.45, 2.75) is 11.5 Å². The van der Waals surface area contributed by atoms with Gasteiger partial charge in [0.1, 0.15) is 22.2 Å². The highest BCUT2D eigenvalue weighted by Gasteiger charge is 2.22. The van der Waals surface area contributed by atoms with E-state index in [2.05, 4.69) is 21.4 Å². The first kappa shape index (κ1) is 23.9. The molecule has 3 rings (SSSR count). The molecule has 174 valence electrons. The highest BCUT2D eigenvalue weighted by molar-refractivity contribution is 7.89. The molecule has 0 radical (unpaired) electrons. The zero-order chi connectivity index (χ0) is 24.0. The Morgan fingerprint density at radius 1 is 1.21 bits per heavy atom. The molecule has 3 aromatic rings. The number of hydrogen-bond donors (Lipinski definition) is 1. The van der Waals surface area contributed by atoms with Crippen molar-refractivity contribution in [3.8, 4) is 22.9 Å². The molecular formula is C21H20FN3O7S. The Bertz CT molecular complexity index is 1270. The summed E-state index contributed by atoms with van der Waals surface area (Å²) >= 11 is 0. The average molecular weight is 477 g/mol. The number of aromatic nitrogens is 2. The highest BCUT2D eigenvalue weighted by Crippen LogP contribution is 2.31. The maximum atomic E-state index is 14.0. The van der Waals surface area contributed by atoms with Gasteiger partial charge in [-0.05, 0) is 30.3 Å². The van der Waals surface area contributed by atoms with Gasteiger partial charge in [-0.25, -0.2) is 22.3 Å². The van der Waals surface area contributed by atoms with Crippen LogP contribution in [0.2, 0.25) is 0 Å². The molecule has 0 aliphatic heterocycles. The number of esters is 1. The smallest absolute Gasteiger partial charge is 0.338 e. The van der Waals surface area contributed by atoms with Gasteiger partial charge in [-0.3, -0.25) is 0 Å². The number of nitrogens with one attached hydrogen (secondary N) is 1. The van der Waals surface area contributed by atoms with E-state index in [4.69, 9.17) is 18.7 Å². The fraction of sp³-hybridized carbons (Fsp3) is 0.190. The molecule has 1 aromatic heterocycles. The molecule has 12 heteroatoms. The van der Waals surface area contributed by atoms with Gasteiger partial charge < -0.3 is 18.7 Å². The molecule has 0 aliphatic carbocycles. The Balaban J connectivity index is 1.73. The predicted molar refractivity (Wildman–Crippen MR) is 114 cm³/mol. The number of methoxy groups -OCH3 is 2. The number of hydrogen-bond acceptors (Lipinski definition) is 9. The first-order chi connectivity index (χ1) is 15.8. The molecule has 0 saturated carbocycles. The van der Waals surface area contributed by atoms with Crippen molar-refractivity contribution >= 4 is 16.0 Å². The second-order valence-electron chi connectivity index (χ2n) is 6.44. The van der Waals surface area contributed by atoms with Crippen molar-refractivity contribution in [1.82, 2.24) is 14.9 Å². The minimum absolute atomic E-state index is 0.0150. The fourth-order valence-corrected chi connectivity index (χ4v) is 3.80. The quantitative estimate of drug-likeness (QED) is 0.346. The molecule has 0 unspecified atom stereocenters. The molecule has 33 heavy (non-hydrogen) atoms. The van der Waals surface area contributed by atoms with Crippen molar-refractivity contribution < 1.29 is 36.3 Å². The van der Waals surface area contributed by atoms with E-state index in [1.54, 1.807) is 18.2 Å². The average Bonchev–Trinajstić information content (AvgIpc) is 3.29. The van der Waals surface area contributed by atoms with Gasteiger partial charge in [-0.1, -0.05) is 11.2 Å². The summed E-state index contributed by atoms with van der Waals surface area (Å²) in [4.78, 5) is 15.8. The largest absolute Gasteiger partial charge is 0.497 e. The standard InChI is InChI=1S/C21H20FN3O7S/c1-4-9-23-33(27,28)18-10-13(5-8-16(18)22)21(26)31-12-19-24-20(25-32-19)15-7-6-14(29-2)11-17(15)30-3/h4-8,10-11,23H,1,9,12H2,2-3H3. The van der Waals surface area contributed by atoms with E-state index < -0.39 is 33.3 Å². The zero-order valence-corrected chi connectivity index (χ0v) is 18.5. The molecule has 1 N–H and O–H groups in total. The number of benzene rings is 2. The second kappa shape index (κ2) is 10.2. The maximum absolute atomic E-state index is 14.0. The van der Waals surface area contributed by atoms with Crippen LogP contribution in [-0.4, -0.2) is 45.3 Å². The van der Waals surface area contributed by atoms with Gasteiger partial charge in [-0.15, -0.1) is 6.58 Å². The number of ether oxygens (including phenoxy) is 3. The van der Waals surface area contributed by atoms with Gasteiger partial charge in [0.15, 0.2) is 6.61 Å². The van der Waals surface area contributed by atoms with Crippen LogP contribution in [0, 0.1) is 5.82 Å². The van der Waals surface area contributed by atoms with E-state index in [0.29, 0.717) is 17.1 Å². The monoisotopic (exact) mass is 477 g/mol. The van der Waals surface area contributed by atoms with Crippen molar-refractivity contribution in [1.29, 1.82) is 0 Å². The highest BCUT2D eigenvalue weighted by atomic mass is 32.2. The second-order valence-corrected chi connectivity index (χ2v) is 8.18. The molecule has 0 atom stereocenters. The van der Waals surface area contributed by atoms with E-state index >= 15 is 0 Å². The van der Waals surface area contributed by atoms with E-state index in [9.17, 15) is 17.6 Å². The lowest BCUT2D eigenvalue weighted by Crippen LogP contribution is -2.25. The van der Waals surface area contributed by atoms with Gasteiger partial charge in [0.05, 0.1) is 25.3 Å². The summed E-state index contributed by atoms with van der Waals surface area (Å²) in [5.74, 6) is -0.713. The first-order valence-electron chi connectivity index (χ1n) is 9.41. The third-order valence-electron chi connectivity index (χ3n) is 4.32. The summed E-state index contributed by atoms with van der Waals surface area (Å²) in [6.45, 7) is 2.90. The van der Waals surface area contributed by atoms with Crippen molar-refractivity contribution in [2.75, 3.05) is 20.8 Å². The predicted octanol–water partition coefficient (Wildman–Crippen LogP) is 2.71. The van der Waals surface area contributed by atoms with Gasteiger partial charge in [0.2, 0.25) is 15.8 Å². The van der Waals surface area contributed by atoms with E-state index in [-0.39, 0.29) is 23.8 Å². The zero-order valence-electron chi connectivity index (χ0n) is 17.7. The molecule has 0 saturated heterocycles. The lowest BCUT2D eigenvalue weighted by Gasteiger charge is -2.08. The van der Waals surface area contributed by atoms with E-state index in [1.807, 2.05) is 0 Å². The molecule has 0 amide bonds. The number of nitrogens with zero attached hydrogens (tertiary/aromatic N) is 2. The van der Waals surface area contributed by atoms with Crippen LogP contribution in [0.25, 0.3) is 11.4 Å². The summed E-state index contributed by atoms with van der Waals surface area (Å²) in [5.41, 5.74) is 0.354. The molecule has 0 aliphatic rings. The molecule has 0 spiro atoms. The van der Waals surface area contributed by atoms with Crippen LogP contribution in [0.1, 0.15) is 16.2 Å². The maximum Gasteiger partial charge on any atom is 0.338 e. The topological polar surface area (TPSA) is 130 Å². The summed E-state index contributed by atoms with van der Waals surface area (Å²) in [6, 6.07) is 7.86. The summed E-state index contributed by atoms with van der Waals surface area (Å²) in [7, 11) is -1.18. The van der Waals surface area contributed by atoms with Crippen LogP contribution in [0.5, 0.6) is 11.5 Å². The Morgan fingerprint density at radius 2 is 2.00 bits per heavy atom. The number of halogens is 1. The number of rotatable bonds is 10. The Morgan fingerprint density at radius 3 is 2.70 bits per heavy atom. The van der Waals surface area contributed by atoms with Gasteiger partial charge in [0, 0.05) is 12.6 Å². The van der Waals surface area contributed by atoms with Gasteiger partial charge in [-0.2, -0.15) is 4.98 Å². The Hall–Kier alpha value is -3.77. The van der Waals surface area contributed by atoms with Gasteiger partial charge in [0.25, 0.3) is 5.89 Å². The lowest BCUT2D eigenvalue weighted by molar-refractivity contribution is 0.0429. The summed E-state index contributed by atoms with van der Waals surface area (Å²) in [6.07, 6.45) is 1.30. The molecule has 0 bridgehead atoms. The van der Waals surface area contributed by atoms with Crippen LogP contribution < -0.4 is 14.2 Å². The van der Waals surface area contributed by atoms with Gasteiger partial charge >= 0.3 is 5.97 Å².